The molecule has 1 amide bonds. The lowest BCUT2D eigenvalue weighted by Crippen LogP contribution is -2.13. The van der Waals surface area contributed by atoms with E-state index in [0.29, 0.717) is 15.8 Å². The zero-order valence-electron chi connectivity index (χ0n) is 13.2. The Kier molecular flexibility index (Phi) is 3.99. The molecule has 124 valence electrons. The molecular weight excluding hydrogens is 356 g/mol. The molecule has 7 heteroatoms. The van der Waals surface area contributed by atoms with Crippen LogP contribution in [0, 0.1) is 6.92 Å². The number of nitrogens with one attached hydrogen (secondary N) is 1. The van der Waals surface area contributed by atoms with E-state index in [1.54, 1.807) is 29.1 Å². The van der Waals surface area contributed by atoms with Gasteiger partial charge in [-0.15, -0.1) is 0 Å². The second-order valence-electron chi connectivity index (χ2n) is 5.57. The Bertz CT molecular complexity index is 1090. The highest BCUT2D eigenvalue weighted by atomic mass is 35.5. The normalized spacial score (nSPS) is 11.0. The van der Waals surface area contributed by atoms with E-state index in [1.807, 2.05) is 31.2 Å². The van der Waals surface area contributed by atoms with Gasteiger partial charge in [-0.3, -0.25) is 10.1 Å². The molecule has 2 heterocycles. The number of anilines is 1. The number of hydrogen-bond donors (Lipinski definition) is 1. The van der Waals surface area contributed by atoms with E-state index in [-0.39, 0.29) is 5.91 Å². The smallest absolute Gasteiger partial charge is 0.277 e. The molecule has 0 spiro atoms. The summed E-state index contributed by atoms with van der Waals surface area (Å²) >= 11 is 7.44. The first-order valence-corrected chi connectivity index (χ1v) is 8.78. The number of carbonyl (C=O) groups is 1. The molecule has 2 aromatic carbocycles. The highest BCUT2D eigenvalue weighted by Crippen LogP contribution is 2.27. The van der Waals surface area contributed by atoms with Gasteiger partial charge in [0.1, 0.15) is 0 Å². The van der Waals surface area contributed by atoms with Gasteiger partial charge in [0, 0.05) is 11.2 Å². The van der Waals surface area contributed by atoms with Gasteiger partial charge in [0.15, 0.2) is 10.8 Å². The molecule has 0 saturated carbocycles. The Morgan fingerprint density at radius 3 is 2.92 bits per heavy atom. The van der Waals surface area contributed by atoms with Crippen LogP contribution in [-0.2, 0) is 0 Å². The number of thiazole rings is 1. The summed E-state index contributed by atoms with van der Waals surface area (Å²) in [6, 6.07) is 14.9. The van der Waals surface area contributed by atoms with Gasteiger partial charge in [0.2, 0.25) is 0 Å². The Labute approximate surface area is 152 Å². The first kappa shape index (κ1) is 15.8. The van der Waals surface area contributed by atoms with Gasteiger partial charge in [0.05, 0.1) is 15.9 Å². The lowest BCUT2D eigenvalue weighted by molar-refractivity contribution is 0.102. The average Bonchev–Trinajstić information content (AvgIpc) is 3.21. The number of hydrogen-bond acceptors (Lipinski definition) is 4. The molecule has 0 unspecified atom stereocenters. The average molecular weight is 369 g/mol. The molecule has 0 radical (unpaired) electrons. The summed E-state index contributed by atoms with van der Waals surface area (Å²) in [6.07, 6.45) is 1.72. The molecule has 25 heavy (non-hydrogen) atoms. The summed E-state index contributed by atoms with van der Waals surface area (Å²) in [4.78, 5) is 16.9. The van der Waals surface area contributed by atoms with E-state index >= 15 is 0 Å². The summed E-state index contributed by atoms with van der Waals surface area (Å²) < 4.78 is 2.66. The molecule has 0 bridgehead atoms. The zero-order valence-corrected chi connectivity index (χ0v) is 14.8. The van der Waals surface area contributed by atoms with E-state index < -0.39 is 0 Å². The van der Waals surface area contributed by atoms with Gasteiger partial charge < -0.3 is 0 Å². The van der Waals surface area contributed by atoms with Crippen molar-refractivity contribution in [2.24, 2.45) is 0 Å². The van der Waals surface area contributed by atoms with E-state index in [0.717, 1.165) is 21.5 Å². The summed E-state index contributed by atoms with van der Waals surface area (Å²) in [6.45, 7) is 2.03. The molecule has 2 aromatic heterocycles. The van der Waals surface area contributed by atoms with Crippen LogP contribution in [-0.4, -0.2) is 20.7 Å². The SMILES string of the molecule is Cc1ccc2nc(NC(=O)c3ccn(-c4cccc(Cl)c4)n3)sc2c1. The Morgan fingerprint density at radius 2 is 2.08 bits per heavy atom. The minimum Gasteiger partial charge on any atom is -0.296 e. The van der Waals surface area contributed by atoms with Gasteiger partial charge in [-0.2, -0.15) is 5.10 Å². The fourth-order valence-corrected chi connectivity index (χ4v) is 3.60. The molecule has 4 aromatic rings. The Morgan fingerprint density at radius 1 is 1.20 bits per heavy atom. The van der Waals surface area contributed by atoms with Crippen LogP contribution in [0.5, 0.6) is 0 Å². The number of amides is 1. The molecule has 0 aliphatic heterocycles. The first-order valence-electron chi connectivity index (χ1n) is 7.59. The molecule has 1 N–H and O–H groups in total. The number of carbonyl (C=O) groups excluding carboxylic acids is 1. The molecule has 0 aliphatic carbocycles. The van der Waals surface area contributed by atoms with Crippen LogP contribution in [0.15, 0.2) is 54.7 Å². The largest absolute Gasteiger partial charge is 0.296 e. The number of benzene rings is 2. The predicted octanol–water partition coefficient (Wildman–Crippen LogP) is 4.70. The van der Waals surface area contributed by atoms with Crippen molar-refractivity contribution >= 4 is 44.2 Å². The van der Waals surface area contributed by atoms with E-state index in [2.05, 4.69) is 21.5 Å². The third-order valence-electron chi connectivity index (χ3n) is 3.66. The van der Waals surface area contributed by atoms with Crippen molar-refractivity contribution < 1.29 is 4.79 Å². The standard InChI is InChI=1S/C18H13ClN4OS/c1-11-5-6-14-16(9-11)25-18(20-14)21-17(24)15-7-8-23(22-15)13-4-2-3-12(19)10-13/h2-10H,1H3,(H,20,21,24). The highest BCUT2D eigenvalue weighted by Gasteiger charge is 2.13. The van der Waals surface area contributed by atoms with Crippen LogP contribution >= 0.6 is 22.9 Å². The van der Waals surface area contributed by atoms with Crippen molar-refractivity contribution in [3.8, 4) is 5.69 Å². The molecule has 4 rings (SSSR count). The predicted molar refractivity (Wildman–Crippen MR) is 101 cm³/mol. The third kappa shape index (κ3) is 3.26. The van der Waals surface area contributed by atoms with E-state index in [4.69, 9.17) is 11.6 Å². The van der Waals surface area contributed by atoms with Crippen LogP contribution in [0.3, 0.4) is 0 Å². The summed E-state index contributed by atoms with van der Waals surface area (Å²) in [5.74, 6) is -0.295. The van der Waals surface area contributed by atoms with Crippen LogP contribution in [0.2, 0.25) is 5.02 Å². The molecule has 0 saturated heterocycles. The second kappa shape index (κ2) is 6.31. The number of aromatic nitrogens is 3. The Balaban J connectivity index is 1.56. The lowest BCUT2D eigenvalue weighted by atomic mass is 10.2. The number of rotatable bonds is 3. The second-order valence-corrected chi connectivity index (χ2v) is 7.04. The maximum atomic E-state index is 12.4. The van der Waals surface area contributed by atoms with Crippen molar-refractivity contribution in [2.45, 2.75) is 6.92 Å². The molecule has 0 aliphatic rings. The maximum Gasteiger partial charge on any atom is 0.277 e. The molecule has 0 fully saturated rings. The maximum absolute atomic E-state index is 12.4. The van der Waals surface area contributed by atoms with Gasteiger partial charge in [-0.05, 0) is 48.9 Å². The molecule has 0 atom stereocenters. The number of aryl methyl sites for hydroxylation is 1. The topological polar surface area (TPSA) is 59.8 Å². The van der Waals surface area contributed by atoms with Crippen molar-refractivity contribution in [1.29, 1.82) is 0 Å². The molecule has 5 nitrogen and oxygen atoms in total. The van der Waals surface area contributed by atoms with Crippen molar-refractivity contribution in [1.82, 2.24) is 14.8 Å². The van der Waals surface area contributed by atoms with E-state index in [9.17, 15) is 4.79 Å². The van der Waals surface area contributed by atoms with Gasteiger partial charge >= 0.3 is 0 Å². The fraction of sp³-hybridized carbons (Fsp3) is 0.0556. The fourth-order valence-electron chi connectivity index (χ4n) is 2.45. The number of halogens is 1. The summed E-state index contributed by atoms with van der Waals surface area (Å²) in [7, 11) is 0. The third-order valence-corrected chi connectivity index (χ3v) is 4.83. The van der Waals surface area contributed by atoms with Crippen LogP contribution in [0.25, 0.3) is 15.9 Å². The van der Waals surface area contributed by atoms with Crippen LogP contribution in [0.1, 0.15) is 16.1 Å². The van der Waals surface area contributed by atoms with Crippen molar-refractivity contribution in [3.63, 3.8) is 0 Å². The van der Waals surface area contributed by atoms with E-state index in [1.165, 1.54) is 11.3 Å². The quantitative estimate of drug-likeness (QED) is 0.570. The van der Waals surface area contributed by atoms with Gasteiger partial charge in [-0.1, -0.05) is 35.1 Å². The van der Waals surface area contributed by atoms with Crippen LogP contribution in [0.4, 0.5) is 5.13 Å². The van der Waals surface area contributed by atoms with Crippen molar-refractivity contribution in [3.05, 3.63) is 71.0 Å². The lowest BCUT2D eigenvalue weighted by Gasteiger charge is -2.01. The Hall–Kier alpha value is -2.70. The summed E-state index contributed by atoms with van der Waals surface area (Å²) in [5.41, 5.74) is 3.14. The summed E-state index contributed by atoms with van der Waals surface area (Å²) in [5, 5.41) is 8.29. The van der Waals surface area contributed by atoms with Crippen LogP contribution < -0.4 is 5.32 Å². The van der Waals surface area contributed by atoms with Crippen molar-refractivity contribution in [2.75, 3.05) is 5.32 Å². The van der Waals surface area contributed by atoms with Gasteiger partial charge in [-0.25, -0.2) is 9.67 Å². The number of fused-ring (bicyclic) bond motifs is 1. The first-order chi connectivity index (χ1) is 12.1. The monoisotopic (exact) mass is 368 g/mol. The van der Waals surface area contributed by atoms with Gasteiger partial charge in [0.25, 0.3) is 5.91 Å². The molecular formula is C18H13ClN4OS. The highest BCUT2D eigenvalue weighted by molar-refractivity contribution is 7.22. The minimum atomic E-state index is -0.295. The minimum absolute atomic E-state index is 0.295. The number of nitrogens with zero attached hydrogens (tertiary/aromatic N) is 3. The zero-order chi connectivity index (χ0) is 17.4.